The Morgan fingerprint density at radius 2 is 1.74 bits per heavy atom. The standard InChI is InChI=1S/C30H37N7O5S/c1-18-9-10-22(17-25(18)43(31,40)41)37(27(38)15-19(2)28(39)42-30(4,5)6)29-32-14-13-26(33-29)35(7)21-11-12-23-20(3)36(8)34-24(23)16-21/h9-14,16-17,19H,15H2,1-8H3,(H2,31,40,41)/t19-/m0/s1. The first-order chi connectivity index (χ1) is 20.0. The van der Waals surface area contributed by atoms with Crippen LogP contribution >= 0.6 is 0 Å². The average Bonchev–Trinajstić information content (AvgIpc) is 3.20. The van der Waals surface area contributed by atoms with Crippen molar-refractivity contribution in [1.82, 2.24) is 19.7 Å². The van der Waals surface area contributed by atoms with E-state index in [0.717, 1.165) is 22.3 Å². The first-order valence-corrected chi connectivity index (χ1v) is 15.2. The van der Waals surface area contributed by atoms with E-state index in [1.807, 2.05) is 48.8 Å². The van der Waals surface area contributed by atoms with Gasteiger partial charge >= 0.3 is 5.97 Å². The minimum Gasteiger partial charge on any atom is -0.460 e. The molecule has 2 N–H and O–H groups in total. The highest BCUT2D eigenvalue weighted by molar-refractivity contribution is 7.89. The predicted molar refractivity (Wildman–Crippen MR) is 165 cm³/mol. The molecule has 12 nitrogen and oxygen atoms in total. The van der Waals surface area contributed by atoms with E-state index < -0.39 is 33.4 Å². The van der Waals surface area contributed by atoms with Gasteiger partial charge in [0.2, 0.25) is 21.9 Å². The van der Waals surface area contributed by atoms with Gasteiger partial charge in [-0.05, 0) is 76.6 Å². The second-order valence-electron chi connectivity index (χ2n) is 11.5. The van der Waals surface area contributed by atoms with E-state index >= 15 is 0 Å². The molecule has 1 atom stereocenters. The van der Waals surface area contributed by atoms with Crippen molar-refractivity contribution in [3.63, 3.8) is 0 Å². The maximum atomic E-state index is 13.8. The number of ether oxygens (including phenoxy) is 1. The summed E-state index contributed by atoms with van der Waals surface area (Å²) in [4.78, 5) is 38.4. The normalized spacial score (nSPS) is 12.7. The molecule has 13 heteroatoms. The third-order valence-electron chi connectivity index (χ3n) is 6.95. The first kappa shape index (κ1) is 31.6. The number of rotatable bonds is 8. The Morgan fingerprint density at radius 3 is 2.40 bits per heavy atom. The van der Waals surface area contributed by atoms with Crippen LogP contribution in [0.15, 0.2) is 53.6 Å². The molecule has 0 aliphatic rings. The van der Waals surface area contributed by atoms with E-state index in [1.54, 1.807) is 52.8 Å². The Kier molecular flexibility index (Phi) is 8.61. The fraction of sp³-hybridized carbons (Fsp3) is 0.367. The molecule has 43 heavy (non-hydrogen) atoms. The fourth-order valence-electron chi connectivity index (χ4n) is 4.54. The van der Waals surface area contributed by atoms with Gasteiger partial charge in [0.1, 0.15) is 11.4 Å². The molecule has 0 fully saturated rings. The molecule has 0 aliphatic carbocycles. The molecule has 2 heterocycles. The van der Waals surface area contributed by atoms with Gasteiger partial charge in [0.05, 0.1) is 22.0 Å². The van der Waals surface area contributed by atoms with E-state index in [-0.39, 0.29) is 23.0 Å². The number of hydrogen-bond acceptors (Lipinski definition) is 9. The van der Waals surface area contributed by atoms with Crippen LogP contribution in [0, 0.1) is 19.8 Å². The summed E-state index contributed by atoms with van der Waals surface area (Å²) < 4.78 is 31.9. The highest BCUT2D eigenvalue weighted by atomic mass is 32.2. The van der Waals surface area contributed by atoms with Crippen molar-refractivity contribution in [2.24, 2.45) is 18.1 Å². The van der Waals surface area contributed by atoms with Gasteiger partial charge in [-0.2, -0.15) is 10.1 Å². The molecule has 0 spiro atoms. The maximum absolute atomic E-state index is 13.8. The zero-order valence-corrected chi connectivity index (χ0v) is 26.4. The second-order valence-corrected chi connectivity index (χ2v) is 13.1. The van der Waals surface area contributed by atoms with Gasteiger partial charge in [-0.15, -0.1) is 0 Å². The Balaban J connectivity index is 1.76. The Hall–Kier alpha value is -4.36. The van der Waals surface area contributed by atoms with Gasteiger partial charge < -0.3 is 9.64 Å². The summed E-state index contributed by atoms with van der Waals surface area (Å²) >= 11 is 0. The summed E-state index contributed by atoms with van der Waals surface area (Å²) in [5, 5.41) is 11.1. The maximum Gasteiger partial charge on any atom is 0.309 e. The van der Waals surface area contributed by atoms with Crippen molar-refractivity contribution in [2.75, 3.05) is 16.8 Å². The van der Waals surface area contributed by atoms with Crippen LogP contribution in [0.3, 0.4) is 0 Å². The molecule has 1 amide bonds. The van der Waals surface area contributed by atoms with Crippen LogP contribution in [-0.4, -0.2) is 52.7 Å². The summed E-state index contributed by atoms with van der Waals surface area (Å²) in [6, 6.07) is 12.0. The lowest BCUT2D eigenvalue weighted by Gasteiger charge is -2.26. The molecule has 0 radical (unpaired) electrons. The zero-order chi connectivity index (χ0) is 31.9. The second kappa shape index (κ2) is 11.7. The molecule has 4 aromatic rings. The Labute approximate surface area is 251 Å². The topological polar surface area (TPSA) is 154 Å². The van der Waals surface area contributed by atoms with E-state index in [9.17, 15) is 18.0 Å². The number of aryl methyl sites for hydroxylation is 3. The lowest BCUT2D eigenvalue weighted by molar-refractivity contribution is -0.160. The molecule has 228 valence electrons. The number of carbonyl (C=O) groups excluding carboxylic acids is 2. The van der Waals surface area contributed by atoms with E-state index in [0.29, 0.717) is 11.4 Å². The number of primary sulfonamides is 1. The van der Waals surface area contributed by atoms with Crippen molar-refractivity contribution >= 4 is 55.9 Å². The van der Waals surface area contributed by atoms with Crippen molar-refractivity contribution in [3.8, 4) is 0 Å². The third-order valence-corrected chi connectivity index (χ3v) is 8.00. The number of nitrogens with two attached hydrogens (primary N) is 1. The molecular formula is C30H37N7O5S. The zero-order valence-electron chi connectivity index (χ0n) is 25.6. The van der Waals surface area contributed by atoms with Crippen molar-refractivity contribution in [2.45, 2.75) is 58.5 Å². The van der Waals surface area contributed by atoms with Gasteiger partial charge in [0, 0.05) is 43.5 Å². The lowest BCUT2D eigenvalue weighted by atomic mass is 10.1. The number of carbonyl (C=O) groups is 2. The summed E-state index contributed by atoms with van der Waals surface area (Å²) in [6.45, 7) is 10.4. The van der Waals surface area contributed by atoms with Gasteiger partial charge in [-0.1, -0.05) is 13.0 Å². The molecule has 2 aromatic heterocycles. The molecule has 0 aliphatic heterocycles. The summed E-state index contributed by atoms with van der Waals surface area (Å²) in [6.07, 6.45) is 1.26. The van der Waals surface area contributed by atoms with E-state index in [2.05, 4.69) is 15.1 Å². The number of benzene rings is 2. The van der Waals surface area contributed by atoms with E-state index in [1.165, 1.54) is 17.2 Å². The Bertz CT molecular complexity index is 1810. The number of sulfonamides is 1. The van der Waals surface area contributed by atoms with Gasteiger partial charge in [-0.25, -0.2) is 23.4 Å². The van der Waals surface area contributed by atoms with Crippen LogP contribution < -0.4 is 14.9 Å². The minimum atomic E-state index is -4.10. The molecule has 0 saturated carbocycles. The van der Waals surface area contributed by atoms with Crippen LogP contribution in [0.25, 0.3) is 10.9 Å². The van der Waals surface area contributed by atoms with Crippen molar-refractivity contribution in [1.29, 1.82) is 0 Å². The molecule has 4 rings (SSSR count). The minimum absolute atomic E-state index is 0.00952. The molecule has 2 aromatic carbocycles. The monoisotopic (exact) mass is 607 g/mol. The van der Waals surface area contributed by atoms with Gasteiger partial charge in [0.25, 0.3) is 0 Å². The third kappa shape index (κ3) is 7.00. The largest absolute Gasteiger partial charge is 0.460 e. The van der Waals surface area contributed by atoms with Crippen LogP contribution in [0.5, 0.6) is 0 Å². The number of anilines is 4. The smallest absolute Gasteiger partial charge is 0.309 e. The summed E-state index contributed by atoms with van der Waals surface area (Å²) in [7, 11) is -0.390. The number of fused-ring (bicyclic) bond motifs is 1. The number of aromatic nitrogens is 4. The average molecular weight is 608 g/mol. The van der Waals surface area contributed by atoms with Crippen molar-refractivity contribution < 1.29 is 22.7 Å². The fourth-order valence-corrected chi connectivity index (χ4v) is 5.34. The summed E-state index contributed by atoms with van der Waals surface area (Å²) in [5.41, 5.74) is 2.53. The molecule has 0 unspecified atom stereocenters. The lowest BCUT2D eigenvalue weighted by Crippen LogP contribution is -2.33. The van der Waals surface area contributed by atoms with Crippen LogP contribution in [0.1, 0.15) is 45.4 Å². The Morgan fingerprint density at radius 1 is 1.07 bits per heavy atom. The molecule has 0 bridgehead atoms. The predicted octanol–water partition coefficient (Wildman–Crippen LogP) is 4.43. The highest BCUT2D eigenvalue weighted by Gasteiger charge is 2.29. The van der Waals surface area contributed by atoms with E-state index in [4.69, 9.17) is 9.88 Å². The van der Waals surface area contributed by atoms with Crippen LogP contribution in [0.2, 0.25) is 0 Å². The van der Waals surface area contributed by atoms with Gasteiger partial charge in [0.15, 0.2) is 0 Å². The first-order valence-electron chi connectivity index (χ1n) is 13.7. The molecular weight excluding hydrogens is 570 g/mol. The number of esters is 1. The number of hydrogen-bond donors (Lipinski definition) is 1. The van der Waals surface area contributed by atoms with Gasteiger partial charge in [-0.3, -0.25) is 14.3 Å². The number of amides is 1. The number of nitrogens with zero attached hydrogens (tertiary/aromatic N) is 6. The van der Waals surface area contributed by atoms with Crippen LogP contribution in [-0.2, 0) is 31.4 Å². The van der Waals surface area contributed by atoms with Crippen molar-refractivity contribution in [3.05, 3.63) is 59.9 Å². The van der Waals surface area contributed by atoms with Crippen LogP contribution in [0.4, 0.5) is 23.1 Å². The highest BCUT2D eigenvalue weighted by Crippen LogP contribution is 2.32. The SMILES string of the molecule is Cc1ccc(N(C(=O)C[C@H](C)C(=O)OC(C)(C)C)c2nccc(N(C)c3ccc4c(C)n(C)nc4c3)n2)cc1S(N)(=O)=O. The quantitative estimate of drug-likeness (QED) is 0.287. The molecule has 0 saturated heterocycles. The summed E-state index contributed by atoms with van der Waals surface area (Å²) in [5.74, 6) is -1.41.